The lowest BCUT2D eigenvalue weighted by atomic mass is 10.0. The van der Waals surface area contributed by atoms with Gasteiger partial charge in [0.05, 0.1) is 30.9 Å². The number of fused-ring (bicyclic) bond motifs is 1. The number of methoxy groups -OCH3 is 1. The molecular formula is C26H27N3O2. The smallest absolute Gasteiger partial charge is 0.244 e. The van der Waals surface area contributed by atoms with Crippen LogP contribution >= 0.6 is 0 Å². The van der Waals surface area contributed by atoms with E-state index in [1.165, 1.54) is 16.7 Å². The summed E-state index contributed by atoms with van der Waals surface area (Å²) in [7, 11) is 1.71. The van der Waals surface area contributed by atoms with Crippen molar-refractivity contribution < 1.29 is 9.53 Å². The highest BCUT2D eigenvalue weighted by atomic mass is 16.5. The predicted molar refractivity (Wildman–Crippen MR) is 122 cm³/mol. The maximum absolute atomic E-state index is 12.7. The molecular weight excluding hydrogens is 386 g/mol. The number of amides is 1. The Morgan fingerprint density at radius 3 is 2.77 bits per heavy atom. The molecule has 0 spiro atoms. The molecule has 31 heavy (non-hydrogen) atoms. The molecule has 1 fully saturated rings. The number of carbonyl (C=O) groups excluding carboxylic acids is 1. The molecule has 1 saturated carbocycles. The van der Waals surface area contributed by atoms with Crippen LogP contribution in [0.4, 0.5) is 0 Å². The van der Waals surface area contributed by atoms with E-state index in [-0.39, 0.29) is 11.9 Å². The second-order valence-corrected chi connectivity index (χ2v) is 8.45. The van der Waals surface area contributed by atoms with Gasteiger partial charge in [-0.15, -0.1) is 0 Å². The van der Waals surface area contributed by atoms with Crippen molar-refractivity contribution in [2.75, 3.05) is 7.11 Å². The first kappa shape index (κ1) is 19.6. The molecule has 1 N–H and O–H groups in total. The summed E-state index contributed by atoms with van der Waals surface area (Å²) >= 11 is 0. The average molecular weight is 414 g/mol. The second-order valence-electron chi connectivity index (χ2n) is 8.45. The van der Waals surface area contributed by atoms with E-state index in [2.05, 4.69) is 39.1 Å². The van der Waals surface area contributed by atoms with Crippen molar-refractivity contribution >= 4 is 12.0 Å². The lowest BCUT2D eigenvalue weighted by molar-refractivity contribution is -0.117. The number of nitrogens with zero attached hydrogens (tertiary/aromatic N) is 2. The molecule has 158 valence electrons. The van der Waals surface area contributed by atoms with Crippen LogP contribution in [0, 0.1) is 6.92 Å². The SMILES string of the molecule is COc1c(C=CC(=O)NC2CCc3ccccc32)ccc(-n2cnc(C)c2)c1C1CC1. The van der Waals surface area contributed by atoms with Gasteiger partial charge in [-0.3, -0.25) is 4.79 Å². The predicted octanol–water partition coefficient (Wildman–Crippen LogP) is 4.88. The van der Waals surface area contributed by atoms with Crippen LogP contribution in [0.5, 0.6) is 5.75 Å². The van der Waals surface area contributed by atoms with Gasteiger partial charge in [-0.25, -0.2) is 4.98 Å². The standard InChI is InChI=1S/C26H27N3O2/c1-17-15-29(16-27-17)23-13-10-20(26(31-2)25(23)19-7-8-19)11-14-24(30)28-22-12-9-18-5-3-4-6-21(18)22/h3-6,10-11,13-16,19,22H,7-9,12H2,1-2H3,(H,28,30). The Hall–Kier alpha value is -3.34. The second kappa shape index (κ2) is 8.06. The summed E-state index contributed by atoms with van der Waals surface area (Å²) in [5.41, 5.74) is 6.77. The number of aromatic nitrogens is 2. The first-order valence-corrected chi connectivity index (χ1v) is 10.9. The topological polar surface area (TPSA) is 56.1 Å². The van der Waals surface area contributed by atoms with E-state index in [1.807, 2.05) is 37.7 Å². The van der Waals surface area contributed by atoms with E-state index in [4.69, 9.17) is 4.74 Å². The lowest BCUT2D eigenvalue weighted by Gasteiger charge is -2.17. The Balaban J connectivity index is 1.39. The third kappa shape index (κ3) is 3.88. The molecule has 1 atom stereocenters. The van der Waals surface area contributed by atoms with E-state index in [1.54, 1.807) is 13.2 Å². The van der Waals surface area contributed by atoms with Crippen molar-refractivity contribution in [2.45, 2.75) is 44.6 Å². The molecule has 5 rings (SSSR count). The van der Waals surface area contributed by atoms with E-state index >= 15 is 0 Å². The number of hydrogen-bond acceptors (Lipinski definition) is 3. The Kier molecular flexibility index (Phi) is 5.10. The third-order valence-corrected chi connectivity index (χ3v) is 6.25. The summed E-state index contributed by atoms with van der Waals surface area (Å²) in [5.74, 6) is 1.26. The summed E-state index contributed by atoms with van der Waals surface area (Å²) in [6.45, 7) is 1.99. The fourth-order valence-electron chi connectivity index (χ4n) is 4.60. The zero-order valence-corrected chi connectivity index (χ0v) is 18.0. The van der Waals surface area contributed by atoms with Crippen LogP contribution in [-0.2, 0) is 11.2 Å². The van der Waals surface area contributed by atoms with Crippen molar-refractivity contribution in [3.63, 3.8) is 0 Å². The summed E-state index contributed by atoms with van der Waals surface area (Å²) in [6, 6.07) is 12.5. The van der Waals surface area contributed by atoms with Gasteiger partial charge < -0.3 is 14.6 Å². The average Bonchev–Trinajstić information content (AvgIpc) is 3.42. The van der Waals surface area contributed by atoms with Gasteiger partial charge in [-0.2, -0.15) is 0 Å². The van der Waals surface area contributed by atoms with Crippen molar-refractivity contribution in [3.05, 3.63) is 82.9 Å². The minimum Gasteiger partial charge on any atom is -0.496 e. The maximum Gasteiger partial charge on any atom is 0.244 e. The van der Waals surface area contributed by atoms with E-state index in [0.717, 1.165) is 48.4 Å². The van der Waals surface area contributed by atoms with Gasteiger partial charge in [0.2, 0.25) is 5.91 Å². The molecule has 2 aliphatic rings. The molecule has 3 aromatic rings. The van der Waals surface area contributed by atoms with Gasteiger partial charge in [0, 0.05) is 23.4 Å². The number of benzene rings is 2. The van der Waals surface area contributed by atoms with Gasteiger partial charge in [0.15, 0.2) is 0 Å². The number of nitrogens with one attached hydrogen (secondary N) is 1. The van der Waals surface area contributed by atoms with Gasteiger partial charge in [-0.05, 0) is 67.9 Å². The van der Waals surface area contributed by atoms with Gasteiger partial charge in [-0.1, -0.05) is 24.3 Å². The molecule has 2 aliphatic carbocycles. The molecule has 0 bridgehead atoms. The highest BCUT2D eigenvalue weighted by Crippen LogP contribution is 2.48. The largest absolute Gasteiger partial charge is 0.496 e. The summed E-state index contributed by atoms with van der Waals surface area (Å²) in [5, 5.41) is 3.15. The summed E-state index contributed by atoms with van der Waals surface area (Å²) in [4.78, 5) is 17.0. The van der Waals surface area contributed by atoms with Crippen LogP contribution in [0.3, 0.4) is 0 Å². The highest BCUT2D eigenvalue weighted by Gasteiger charge is 2.31. The van der Waals surface area contributed by atoms with Crippen molar-refractivity contribution in [1.29, 1.82) is 0 Å². The third-order valence-electron chi connectivity index (χ3n) is 6.25. The number of hydrogen-bond donors (Lipinski definition) is 1. The first-order valence-electron chi connectivity index (χ1n) is 10.9. The summed E-state index contributed by atoms with van der Waals surface area (Å²) in [6.07, 6.45) is 11.6. The van der Waals surface area contributed by atoms with E-state index in [0.29, 0.717) is 5.92 Å². The minimum atomic E-state index is -0.0777. The summed E-state index contributed by atoms with van der Waals surface area (Å²) < 4.78 is 7.90. The molecule has 1 amide bonds. The molecule has 0 saturated heterocycles. The molecule has 5 nitrogen and oxygen atoms in total. The highest BCUT2D eigenvalue weighted by molar-refractivity contribution is 5.92. The number of imidazole rings is 1. The van der Waals surface area contributed by atoms with Gasteiger partial charge in [0.25, 0.3) is 0 Å². The fraction of sp³-hybridized carbons (Fsp3) is 0.308. The Morgan fingerprint density at radius 2 is 2.03 bits per heavy atom. The molecule has 5 heteroatoms. The van der Waals surface area contributed by atoms with Gasteiger partial charge in [0.1, 0.15) is 5.75 Å². The molecule has 2 aromatic carbocycles. The van der Waals surface area contributed by atoms with Crippen LogP contribution in [0.25, 0.3) is 11.8 Å². The Labute approximate surface area is 182 Å². The fourth-order valence-corrected chi connectivity index (χ4v) is 4.60. The number of aryl methyl sites for hydroxylation is 2. The number of rotatable bonds is 6. The normalized spacial score (nSPS) is 17.7. The quantitative estimate of drug-likeness (QED) is 0.586. The van der Waals surface area contributed by atoms with Gasteiger partial charge >= 0.3 is 0 Å². The molecule has 1 unspecified atom stereocenters. The molecule has 0 radical (unpaired) electrons. The van der Waals surface area contributed by atoms with Crippen LogP contribution in [0.15, 0.2) is 55.0 Å². The number of ether oxygens (including phenoxy) is 1. The van der Waals surface area contributed by atoms with Crippen LogP contribution in [-0.4, -0.2) is 22.6 Å². The molecule has 0 aliphatic heterocycles. The zero-order valence-electron chi connectivity index (χ0n) is 18.0. The molecule has 1 aromatic heterocycles. The van der Waals surface area contributed by atoms with Crippen molar-refractivity contribution in [3.8, 4) is 11.4 Å². The van der Waals surface area contributed by atoms with Crippen LogP contribution in [0.1, 0.15) is 59.2 Å². The van der Waals surface area contributed by atoms with E-state index in [9.17, 15) is 4.79 Å². The van der Waals surface area contributed by atoms with Crippen molar-refractivity contribution in [1.82, 2.24) is 14.9 Å². The lowest BCUT2D eigenvalue weighted by Crippen LogP contribution is -2.25. The van der Waals surface area contributed by atoms with Crippen LogP contribution < -0.4 is 10.1 Å². The molecule has 1 heterocycles. The number of carbonyl (C=O) groups is 1. The Morgan fingerprint density at radius 1 is 1.19 bits per heavy atom. The van der Waals surface area contributed by atoms with Crippen molar-refractivity contribution in [2.24, 2.45) is 0 Å². The maximum atomic E-state index is 12.7. The van der Waals surface area contributed by atoms with Crippen LogP contribution in [0.2, 0.25) is 0 Å². The Bertz CT molecular complexity index is 1160. The minimum absolute atomic E-state index is 0.0777. The first-order chi connectivity index (χ1) is 15.1. The van der Waals surface area contributed by atoms with E-state index < -0.39 is 0 Å². The monoisotopic (exact) mass is 413 g/mol. The zero-order chi connectivity index (χ0) is 21.4.